The molecule has 0 spiro atoms. The van der Waals surface area contributed by atoms with E-state index in [0.29, 0.717) is 6.61 Å². The quantitative estimate of drug-likeness (QED) is 0.718. The van der Waals surface area contributed by atoms with Gasteiger partial charge in [-0.2, -0.15) is 0 Å². The van der Waals surface area contributed by atoms with E-state index in [2.05, 4.69) is 12.2 Å². The van der Waals surface area contributed by atoms with Crippen LogP contribution >= 0.6 is 23.2 Å². The lowest BCUT2D eigenvalue weighted by Crippen LogP contribution is -2.14. The summed E-state index contributed by atoms with van der Waals surface area (Å²) in [5.41, 5.74) is 2.16. The Morgan fingerprint density at radius 1 is 1.00 bits per heavy atom. The number of rotatable bonds is 7. The van der Waals surface area contributed by atoms with Gasteiger partial charge in [0.15, 0.2) is 0 Å². The molecule has 0 aliphatic heterocycles. The van der Waals surface area contributed by atoms with E-state index in [0.717, 1.165) is 46.4 Å². The lowest BCUT2D eigenvalue weighted by Gasteiger charge is -2.13. The predicted octanol–water partition coefficient (Wildman–Crippen LogP) is 5.07. The number of halogens is 2. The second kappa shape index (κ2) is 8.28. The van der Waals surface area contributed by atoms with Crippen molar-refractivity contribution in [2.75, 3.05) is 6.54 Å². The highest BCUT2D eigenvalue weighted by Crippen LogP contribution is 2.24. The Kier molecular flexibility index (Phi) is 6.37. The van der Waals surface area contributed by atoms with E-state index in [1.54, 1.807) is 0 Å². The van der Waals surface area contributed by atoms with E-state index < -0.39 is 0 Å². The van der Waals surface area contributed by atoms with Crippen LogP contribution in [0.2, 0.25) is 10.0 Å². The molecular formula is C17H19Cl2NO. The summed E-state index contributed by atoms with van der Waals surface area (Å²) in [7, 11) is 0. The van der Waals surface area contributed by atoms with Crippen LogP contribution < -0.4 is 10.1 Å². The monoisotopic (exact) mass is 323 g/mol. The molecule has 0 fully saturated rings. The molecule has 0 aliphatic rings. The fourth-order valence-electron chi connectivity index (χ4n) is 1.97. The highest BCUT2D eigenvalue weighted by molar-refractivity contribution is 6.30. The summed E-state index contributed by atoms with van der Waals surface area (Å²) < 4.78 is 5.91. The fraction of sp³-hybridized carbons (Fsp3) is 0.294. The molecule has 0 radical (unpaired) electrons. The Bertz CT molecular complexity index is 570. The van der Waals surface area contributed by atoms with Crippen LogP contribution in [0.5, 0.6) is 5.75 Å². The molecule has 0 amide bonds. The third-order valence-electron chi connectivity index (χ3n) is 3.07. The van der Waals surface area contributed by atoms with Gasteiger partial charge in [-0.3, -0.25) is 0 Å². The number of hydrogen-bond donors (Lipinski definition) is 1. The van der Waals surface area contributed by atoms with Crippen molar-refractivity contribution >= 4 is 23.2 Å². The fourth-order valence-corrected chi connectivity index (χ4v) is 2.29. The summed E-state index contributed by atoms with van der Waals surface area (Å²) in [6, 6.07) is 13.4. The van der Waals surface area contributed by atoms with E-state index >= 15 is 0 Å². The SMILES string of the molecule is CCCNCc1cc(Cl)ccc1OCc1ccc(Cl)cc1. The molecule has 2 rings (SSSR count). The van der Waals surface area contributed by atoms with E-state index in [9.17, 15) is 0 Å². The molecule has 0 aliphatic carbocycles. The number of ether oxygens (including phenoxy) is 1. The zero-order valence-corrected chi connectivity index (χ0v) is 13.5. The molecule has 0 bridgehead atoms. The summed E-state index contributed by atoms with van der Waals surface area (Å²) in [4.78, 5) is 0. The average Bonchev–Trinajstić information content (AvgIpc) is 2.48. The van der Waals surface area contributed by atoms with Crippen molar-refractivity contribution in [3.05, 3.63) is 63.6 Å². The van der Waals surface area contributed by atoms with Crippen molar-refractivity contribution < 1.29 is 4.74 Å². The van der Waals surface area contributed by atoms with Gasteiger partial charge >= 0.3 is 0 Å². The largest absolute Gasteiger partial charge is 0.489 e. The summed E-state index contributed by atoms with van der Waals surface area (Å²) in [5, 5.41) is 4.82. The molecule has 0 aromatic heterocycles. The number of hydrogen-bond acceptors (Lipinski definition) is 2. The van der Waals surface area contributed by atoms with Crippen LogP contribution in [0.1, 0.15) is 24.5 Å². The molecule has 0 saturated carbocycles. The van der Waals surface area contributed by atoms with Crippen molar-refractivity contribution in [3.8, 4) is 5.75 Å². The summed E-state index contributed by atoms with van der Waals surface area (Å²) >= 11 is 11.9. The average molecular weight is 324 g/mol. The summed E-state index contributed by atoms with van der Waals surface area (Å²) in [6.45, 7) is 4.38. The van der Waals surface area contributed by atoms with E-state index in [4.69, 9.17) is 27.9 Å². The van der Waals surface area contributed by atoms with Crippen molar-refractivity contribution in [3.63, 3.8) is 0 Å². The second-order valence-corrected chi connectivity index (χ2v) is 5.72. The number of benzene rings is 2. The van der Waals surface area contributed by atoms with Gasteiger partial charge in [0.1, 0.15) is 12.4 Å². The Morgan fingerprint density at radius 3 is 2.43 bits per heavy atom. The molecule has 0 heterocycles. The zero-order valence-electron chi connectivity index (χ0n) is 12.0. The highest BCUT2D eigenvalue weighted by Gasteiger charge is 2.05. The molecule has 21 heavy (non-hydrogen) atoms. The van der Waals surface area contributed by atoms with Gasteiger partial charge in [-0.05, 0) is 48.9 Å². The van der Waals surface area contributed by atoms with Gasteiger partial charge in [0.2, 0.25) is 0 Å². The van der Waals surface area contributed by atoms with E-state index in [1.807, 2.05) is 42.5 Å². The van der Waals surface area contributed by atoms with Crippen LogP contribution in [0.25, 0.3) is 0 Å². The van der Waals surface area contributed by atoms with Crippen LogP contribution in [0.4, 0.5) is 0 Å². The molecular weight excluding hydrogens is 305 g/mol. The maximum absolute atomic E-state index is 6.07. The lowest BCUT2D eigenvalue weighted by molar-refractivity contribution is 0.302. The molecule has 2 nitrogen and oxygen atoms in total. The van der Waals surface area contributed by atoms with Crippen LogP contribution in [0.15, 0.2) is 42.5 Å². The second-order valence-electron chi connectivity index (χ2n) is 4.84. The third kappa shape index (κ3) is 5.24. The molecule has 4 heteroatoms. The topological polar surface area (TPSA) is 21.3 Å². The first-order valence-corrected chi connectivity index (χ1v) is 7.81. The molecule has 112 valence electrons. The maximum atomic E-state index is 6.07. The third-order valence-corrected chi connectivity index (χ3v) is 3.56. The first-order chi connectivity index (χ1) is 10.2. The van der Waals surface area contributed by atoms with Crippen molar-refractivity contribution in [1.82, 2.24) is 5.32 Å². The van der Waals surface area contributed by atoms with Gasteiger partial charge in [-0.1, -0.05) is 42.3 Å². The number of nitrogens with one attached hydrogen (secondary N) is 1. The molecule has 2 aromatic carbocycles. The first-order valence-electron chi connectivity index (χ1n) is 7.05. The Balaban J connectivity index is 2.02. The summed E-state index contributed by atoms with van der Waals surface area (Å²) in [6.07, 6.45) is 1.10. The van der Waals surface area contributed by atoms with Crippen molar-refractivity contribution in [2.45, 2.75) is 26.5 Å². The van der Waals surface area contributed by atoms with Gasteiger partial charge in [-0.15, -0.1) is 0 Å². The Morgan fingerprint density at radius 2 is 1.71 bits per heavy atom. The Hall–Kier alpha value is -1.22. The molecule has 0 atom stereocenters. The smallest absolute Gasteiger partial charge is 0.124 e. The minimum absolute atomic E-state index is 0.513. The first kappa shape index (κ1) is 16.2. The minimum atomic E-state index is 0.513. The minimum Gasteiger partial charge on any atom is -0.489 e. The highest BCUT2D eigenvalue weighted by atomic mass is 35.5. The van der Waals surface area contributed by atoms with Crippen LogP contribution in [0.3, 0.4) is 0 Å². The van der Waals surface area contributed by atoms with E-state index in [1.165, 1.54) is 0 Å². The van der Waals surface area contributed by atoms with Crippen LogP contribution in [-0.4, -0.2) is 6.54 Å². The van der Waals surface area contributed by atoms with Gasteiger partial charge < -0.3 is 10.1 Å². The van der Waals surface area contributed by atoms with Crippen LogP contribution in [0, 0.1) is 0 Å². The van der Waals surface area contributed by atoms with Crippen molar-refractivity contribution in [1.29, 1.82) is 0 Å². The maximum Gasteiger partial charge on any atom is 0.124 e. The predicted molar refractivity (Wildman–Crippen MR) is 89.2 cm³/mol. The van der Waals surface area contributed by atoms with Crippen molar-refractivity contribution in [2.24, 2.45) is 0 Å². The lowest BCUT2D eigenvalue weighted by atomic mass is 10.2. The van der Waals surface area contributed by atoms with E-state index in [-0.39, 0.29) is 0 Å². The molecule has 1 N–H and O–H groups in total. The van der Waals surface area contributed by atoms with Gasteiger partial charge in [0.25, 0.3) is 0 Å². The molecule has 0 unspecified atom stereocenters. The van der Waals surface area contributed by atoms with Gasteiger partial charge in [0, 0.05) is 22.2 Å². The van der Waals surface area contributed by atoms with Gasteiger partial charge in [-0.25, -0.2) is 0 Å². The molecule has 2 aromatic rings. The van der Waals surface area contributed by atoms with Crippen LogP contribution in [-0.2, 0) is 13.2 Å². The Labute approximate surface area is 136 Å². The molecule has 0 saturated heterocycles. The summed E-state index contributed by atoms with van der Waals surface area (Å²) in [5.74, 6) is 0.859. The standard InChI is InChI=1S/C17H19Cl2NO/c1-2-9-20-11-14-10-16(19)7-8-17(14)21-12-13-3-5-15(18)6-4-13/h3-8,10,20H,2,9,11-12H2,1H3. The zero-order chi connectivity index (χ0) is 15.1. The normalized spacial score (nSPS) is 10.6. The van der Waals surface area contributed by atoms with Gasteiger partial charge in [0.05, 0.1) is 0 Å².